The number of carbonyl (C=O) groups excluding carboxylic acids is 2. The lowest BCUT2D eigenvalue weighted by molar-refractivity contribution is -0.140. The third-order valence-electron chi connectivity index (χ3n) is 6.27. The molecule has 9 nitrogen and oxygen atoms in total. The van der Waals surface area contributed by atoms with Gasteiger partial charge in [0.15, 0.2) is 0 Å². The molecule has 35 heavy (non-hydrogen) atoms. The Morgan fingerprint density at radius 1 is 1.20 bits per heavy atom. The van der Waals surface area contributed by atoms with E-state index >= 15 is 0 Å². The molecule has 188 valence electrons. The lowest BCUT2D eigenvalue weighted by atomic mass is 9.94. The molecule has 0 radical (unpaired) electrons. The van der Waals surface area contributed by atoms with E-state index in [-0.39, 0.29) is 53.1 Å². The topological polar surface area (TPSA) is 105 Å². The second-order valence-electron chi connectivity index (χ2n) is 8.93. The molecule has 3 atom stereocenters. The third-order valence-corrected chi connectivity index (χ3v) is 7.65. The van der Waals surface area contributed by atoms with Gasteiger partial charge >= 0.3 is 0 Å². The van der Waals surface area contributed by atoms with Gasteiger partial charge in [0.1, 0.15) is 24.3 Å². The van der Waals surface area contributed by atoms with E-state index in [9.17, 15) is 22.4 Å². The monoisotopic (exact) mass is 505 g/mol. The van der Waals surface area contributed by atoms with Crippen LogP contribution < -0.4 is 9.46 Å². The van der Waals surface area contributed by atoms with Crippen LogP contribution in [0.3, 0.4) is 0 Å². The standard InChI is InChI=1S/C24H28FN3O6S/c1-27(2)23(29)13-17-8-9-20-22(34-17)14-33-21-10-7-16(12-19(21)24(30)28(20)3)26-35(31,32)18-6-4-5-15(25)11-18/h4-7,10-12,17,20,22,26H,8-9,13-14H2,1-3H3/t17-,20+,22-/m0/s1. The fraction of sp³-hybridized carbons (Fsp3) is 0.417. The van der Waals surface area contributed by atoms with E-state index in [1.165, 1.54) is 35.2 Å². The molecule has 0 bridgehead atoms. The number of sulfonamides is 1. The number of nitrogens with zero attached hydrogens (tertiary/aromatic N) is 2. The van der Waals surface area contributed by atoms with E-state index < -0.39 is 21.9 Å². The zero-order valence-electron chi connectivity index (χ0n) is 19.7. The highest BCUT2D eigenvalue weighted by atomic mass is 32.2. The molecule has 0 spiro atoms. The first-order valence-corrected chi connectivity index (χ1v) is 12.7. The summed E-state index contributed by atoms with van der Waals surface area (Å²) in [5.41, 5.74) is 0.355. The molecule has 11 heteroatoms. The minimum atomic E-state index is -4.06. The van der Waals surface area contributed by atoms with Gasteiger partial charge in [-0.05, 0) is 49.2 Å². The Bertz CT molecular complexity index is 1240. The van der Waals surface area contributed by atoms with Gasteiger partial charge in [0.05, 0.1) is 29.0 Å². The highest BCUT2D eigenvalue weighted by Gasteiger charge is 2.39. The maximum Gasteiger partial charge on any atom is 0.261 e. The second kappa shape index (κ2) is 9.82. The van der Waals surface area contributed by atoms with E-state index in [4.69, 9.17) is 9.47 Å². The van der Waals surface area contributed by atoms with E-state index in [1.807, 2.05) is 0 Å². The highest BCUT2D eigenvalue weighted by molar-refractivity contribution is 7.92. The number of nitrogens with one attached hydrogen (secondary N) is 1. The van der Waals surface area contributed by atoms with Crippen molar-refractivity contribution < 1.29 is 31.9 Å². The van der Waals surface area contributed by atoms with E-state index in [1.54, 1.807) is 26.0 Å². The quantitative estimate of drug-likeness (QED) is 0.670. The van der Waals surface area contributed by atoms with Gasteiger partial charge in [-0.1, -0.05) is 6.07 Å². The largest absolute Gasteiger partial charge is 0.490 e. The summed E-state index contributed by atoms with van der Waals surface area (Å²) in [7, 11) is 1.01. The molecule has 1 N–H and O–H groups in total. The van der Waals surface area contributed by atoms with Crippen LogP contribution >= 0.6 is 0 Å². The number of fused-ring (bicyclic) bond motifs is 2. The zero-order chi connectivity index (χ0) is 25.3. The number of halogens is 1. The van der Waals surface area contributed by atoms with E-state index in [2.05, 4.69) is 4.72 Å². The predicted octanol–water partition coefficient (Wildman–Crippen LogP) is 2.49. The average molecular weight is 506 g/mol. The number of anilines is 1. The van der Waals surface area contributed by atoms with Crippen molar-refractivity contribution in [2.45, 2.75) is 42.4 Å². The Morgan fingerprint density at radius 3 is 2.69 bits per heavy atom. The number of likely N-dealkylation sites (N-methyl/N-ethyl adjacent to an activating group) is 1. The molecule has 4 rings (SSSR count). The van der Waals surface area contributed by atoms with E-state index in [0.29, 0.717) is 18.6 Å². The molecule has 1 fully saturated rings. The van der Waals surface area contributed by atoms with Gasteiger partial charge in [0.2, 0.25) is 5.91 Å². The number of ether oxygens (including phenoxy) is 2. The maximum absolute atomic E-state index is 13.5. The SMILES string of the molecule is CN(C)C(=O)C[C@@H]1CC[C@@H]2[C@H](COc3ccc(NS(=O)(=O)c4cccc(F)c4)cc3C(=O)N2C)O1. The van der Waals surface area contributed by atoms with Crippen LogP contribution in [0.15, 0.2) is 47.4 Å². The van der Waals surface area contributed by atoms with Crippen LogP contribution in [0, 0.1) is 5.82 Å². The summed E-state index contributed by atoms with van der Waals surface area (Å²) in [5, 5.41) is 0. The van der Waals surface area contributed by atoms with Gasteiger partial charge in [0.25, 0.3) is 15.9 Å². The first kappa shape index (κ1) is 24.9. The first-order valence-electron chi connectivity index (χ1n) is 11.2. The number of benzene rings is 2. The molecule has 0 unspecified atom stereocenters. The Labute approximate surface area is 203 Å². The van der Waals surface area contributed by atoms with E-state index in [0.717, 1.165) is 12.1 Å². The van der Waals surface area contributed by atoms with Crippen molar-refractivity contribution in [2.24, 2.45) is 0 Å². The van der Waals surface area contributed by atoms with Crippen LogP contribution in [0.2, 0.25) is 0 Å². The van der Waals surface area contributed by atoms with Crippen molar-refractivity contribution in [3.8, 4) is 5.75 Å². The van der Waals surface area contributed by atoms with Crippen molar-refractivity contribution in [2.75, 3.05) is 32.5 Å². The molecule has 0 saturated carbocycles. The van der Waals surface area contributed by atoms with Crippen LogP contribution in [0.4, 0.5) is 10.1 Å². The summed E-state index contributed by atoms with van der Waals surface area (Å²) in [5.74, 6) is -0.742. The Balaban J connectivity index is 1.54. The molecule has 2 aromatic rings. The fourth-order valence-electron chi connectivity index (χ4n) is 4.32. The summed E-state index contributed by atoms with van der Waals surface area (Å²) in [6.45, 7) is 0.177. The molecule has 2 aromatic carbocycles. The van der Waals surface area contributed by atoms with Crippen molar-refractivity contribution in [1.29, 1.82) is 0 Å². The molecular weight excluding hydrogens is 477 g/mol. The summed E-state index contributed by atoms with van der Waals surface area (Å²) < 4.78 is 53.3. The highest BCUT2D eigenvalue weighted by Crippen LogP contribution is 2.33. The second-order valence-corrected chi connectivity index (χ2v) is 10.6. The Kier molecular flexibility index (Phi) is 7.00. The predicted molar refractivity (Wildman–Crippen MR) is 126 cm³/mol. The molecule has 2 aliphatic heterocycles. The number of carbonyl (C=O) groups is 2. The zero-order valence-corrected chi connectivity index (χ0v) is 20.5. The van der Waals surface area contributed by atoms with Crippen molar-refractivity contribution in [3.63, 3.8) is 0 Å². The first-order chi connectivity index (χ1) is 16.5. The number of hydrogen-bond donors (Lipinski definition) is 1. The summed E-state index contributed by atoms with van der Waals surface area (Å²) in [4.78, 5) is 28.3. The average Bonchev–Trinajstić information content (AvgIpc) is 2.81. The number of rotatable bonds is 5. The van der Waals surface area contributed by atoms with Gasteiger partial charge in [-0.25, -0.2) is 12.8 Å². The third kappa shape index (κ3) is 5.40. The number of hydrogen-bond acceptors (Lipinski definition) is 6. The van der Waals surface area contributed by atoms with Crippen LogP contribution in [0.1, 0.15) is 29.6 Å². The summed E-state index contributed by atoms with van der Waals surface area (Å²) >= 11 is 0. The molecule has 1 saturated heterocycles. The lowest BCUT2D eigenvalue weighted by Gasteiger charge is -2.42. The lowest BCUT2D eigenvalue weighted by Crippen LogP contribution is -2.53. The summed E-state index contributed by atoms with van der Waals surface area (Å²) in [6, 6.07) is 8.80. The van der Waals surface area contributed by atoms with Gasteiger partial charge < -0.3 is 19.3 Å². The smallest absolute Gasteiger partial charge is 0.261 e. The molecular formula is C24H28FN3O6S. The van der Waals surface area contributed by atoms with Crippen LogP contribution in [0.25, 0.3) is 0 Å². The minimum absolute atomic E-state index is 0.0248. The van der Waals surface area contributed by atoms with Gasteiger partial charge in [-0.2, -0.15) is 0 Å². The van der Waals surface area contributed by atoms with Crippen molar-refractivity contribution in [3.05, 3.63) is 53.8 Å². The molecule has 2 heterocycles. The normalized spacial score (nSPS) is 22.2. The van der Waals surface area contributed by atoms with Crippen molar-refractivity contribution >= 4 is 27.5 Å². The van der Waals surface area contributed by atoms with Crippen LogP contribution in [-0.2, 0) is 19.6 Å². The Hall–Kier alpha value is -3.18. The van der Waals surface area contributed by atoms with Crippen LogP contribution in [0.5, 0.6) is 5.75 Å². The Morgan fingerprint density at radius 2 is 1.97 bits per heavy atom. The summed E-state index contributed by atoms with van der Waals surface area (Å²) in [6.07, 6.45) is 0.870. The minimum Gasteiger partial charge on any atom is -0.490 e. The van der Waals surface area contributed by atoms with Crippen LogP contribution in [-0.4, -0.2) is 76.0 Å². The molecule has 0 aromatic heterocycles. The molecule has 2 amide bonds. The van der Waals surface area contributed by atoms with Gasteiger partial charge in [0, 0.05) is 26.8 Å². The fourth-order valence-corrected chi connectivity index (χ4v) is 5.40. The molecule has 0 aliphatic carbocycles. The van der Waals surface area contributed by atoms with Gasteiger partial charge in [-0.3, -0.25) is 14.3 Å². The molecule has 2 aliphatic rings. The van der Waals surface area contributed by atoms with Crippen molar-refractivity contribution in [1.82, 2.24) is 9.80 Å². The number of amides is 2. The van der Waals surface area contributed by atoms with Gasteiger partial charge in [-0.15, -0.1) is 0 Å². The maximum atomic E-state index is 13.5.